The Kier molecular flexibility index (Phi) is 19.3. The molecule has 1 heteroatoms. The van der Waals surface area contributed by atoms with E-state index in [0.717, 1.165) is 6.42 Å². The summed E-state index contributed by atoms with van der Waals surface area (Å²) < 4.78 is 0. The fourth-order valence-electron chi connectivity index (χ4n) is 3.29. The molecule has 2 aromatic rings. The average Bonchev–Trinajstić information content (AvgIpc) is 3.19. The van der Waals surface area contributed by atoms with Crippen LogP contribution in [0.2, 0.25) is 0 Å². The second-order valence-electron chi connectivity index (χ2n) is 5.98. The van der Waals surface area contributed by atoms with Gasteiger partial charge < -0.3 is 37.1 Å². The molecular weight excluding hydrogens is 479 g/mol. The molecule has 2 aliphatic carbocycles. The quantitative estimate of drug-likeness (QED) is 0.277. The predicted molar refractivity (Wildman–Crippen MR) is 118 cm³/mol. The second-order valence-corrected chi connectivity index (χ2v) is 5.98. The van der Waals surface area contributed by atoms with Crippen LogP contribution in [0, 0.1) is 49.1 Å². The topological polar surface area (TPSA) is 0 Å². The largest absolute Gasteiger partial charge is 0.358 e. The minimum atomic E-state index is 0. The van der Waals surface area contributed by atoms with Crippen molar-refractivity contribution in [1.82, 2.24) is 0 Å². The molecule has 0 radical (unpaired) electrons. The molecule has 0 amide bonds. The third-order valence-corrected chi connectivity index (χ3v) is 4.24. The number of aryl methyl sites for hydroxylation is 1. The Morgan fingerprint density at radius 1 is 0.885 bits per heavy atom. The summed E-state index contributed by atoms with van der Waals surface area (Å²) >= 11 is 0. The molecular formula is C25H37Hf-7. The number of hydrogen-bond acceptors (Lipinski definition) is 0. The molecule has 0 bridgehead atoms. The maximum Gasteiger partial charge on any atom is 0 e. The van der Waals surface area contributed by atoms with Crippen LogP contribution in [0.3, 0.4) is 0 Å². The molecule has 0 saturated heterocycles. The van der Waals surface area contributed by atoms with Gasteiger partial charge in [-0.1, -0.05) is 37.5 Å². The Labute approximate surface area is 184 Å². The molecule has 0 aliphatic heterocycles. The monoisotopic (exact) mass is 517 g/mol. The molecule has 0 N–H and O–H groups in total. The number of rotatable bonds is 1. The maximum absolute atomic E-state index is 3.57. The van der Waals surface area contributed by atoms with E-state index >= 15 is 0 Å². The molecule has 4 rings (SSSR count). The zero-order valence-electron chi connectivity index (χ0n) is 17.9. The van der Waals surface area contributed by atoms with Gasteiger partial charge >= 0.3 is 0 Å². The van der Waals surface area contributed by atoms with E-state index in [1.54, 1.807) is 16.7 Å². The van der Waals surface area contributed by atoms with Gasteiger partial charge in [-0.05, 0) is 19.3 Å². The zero-order chi connectivity index (χ0) is 13.9. The standard InChI is InChI=1S/C15H17.C5H5.5CH3.Hf/c1-10(2)13-9-8-12-7-6-11-4-3-5-14(11)15(12)13;1-2-4-5-3-1;;;;;;/h6-7,10H,3-5,8H2,1-2H3;1-5H;5*1H3;/q7*-1;. The first-order chi connectivity index (χ1) is 9.77. The normalized spacial score (nSPS) is 11.9. The summed E-state index contributed by atoms with van der Waals surface area (Å²) in [6.07, 6.45) is 8.52. The predicted octanol–water partition coefficient (Wildman–Crippen LogP) is 7.23. The summed E-state index contributed by atoms with van der Waals surface area (Å²) in [5.41, 5.74) is 7.79. The average molecular weight is 516 g/mol. The van der Waals surface area contributed by atoms with Gasteiger partial charge in [0.15, 0.2) is 0 Å². The Hall–Kier alpha value is -0.820. The Balaban J connectivity index is -0.000000196. The van der Waals surface area contributed by atoms with Crippen LogP contribution in [0.4, 0.5) is 0 Å². The number of hydrogen-bond donors (Lipinski definition) is 0. The van der Waals surface area contributed by atoms with Gasteiger partial charge in [-0.25, -0.2) is 17.7 Å². The molecule has 0 spiro atoms. The SMILES string of the molecule is CC(C)C1=[C-]Cc2ccc3c(c21)CCC3.[CH3-].[CH3-].[CH3-].[CH3-].[CH3-].[Hf].c1cc[cH-]c1. The fraction of sp³-hybridized carbons (Fsp3) is 0.280. The first kappa shape index (κ1) is 32.8. The van der Waals surface area contributed by atoms with Crippen LogP contribution >= 0.6 is 0 Å². The Morgan fingerprint density at radius 3 is 1.96 bits per heavy atom. The zero-order valence-corrected chi connectivity index (χ0v) is 21.5. The minimum Gasteiger partial charge on any atom is -0.358 e. The summed E-state index contributed by atoms with van der Waals surface area (Å²) in [5, 5.41) is 0. The van der Waals surface area contributed by atoms with Crippen molar-refractivity contribution in [2.75, 3.05) is 0 Å². The van der Waals surface area contributed by atoms with E-state index in [-0.39, 0.29) is 63.0 Å². The van der Waals surface area contributed by atoms with Crippen molar-refractivity contribution >= 4 is 5.57 Å². The van der Waals surface area contributed by atoms with E-state index in [4.69, 9.17) is 0 Å². The van der Waals surface area contributed by atoms with Gasteiger partial charge in [0.25, 0.3) is 0 Å². The van der Waals surface area contributed by atoms with Crippen molar-refractivity contribution in [2.24, 2.45) is 5.92 Å². The molecule has 0 heterocycles. The van der Waals surface area contributed by atoms with Crippen LogP contribution in [-0.2, 0) is 45.1 Å². The Morgan fingerprint density at radius 2 is 1.46 bits per heavy atom. The van der Waals surface area contributed by atoms with Crippen LogP contribution in [-0.4, -0.2) is 0 Å². The molecule has 0 aromatic heterocycles. The minimum absolute atomic E-state index is 0. The van der Waals surface area contributed by atoms with E-state index in [0.29, 0.717) is 5.92 Å². The van der Waals surface area contributed by atoms with E-state index < -0.39 is 0 Å². The van der Waals surface area contributed by atoms with E-state index in [1.807, 2.05) is 30.3 Å². The second kappa shape index (κ2) is 15.3. The van der Waals surface area contributed by atoms with Crippen molar-refractivity contribution in [3.8, 4) is 0 Å². The van der Waals surface area contributed by atoms with Crippen LogP contribution in [0.1, 0.15) is 42.5 Å². The summed E-state index contributed by atoms with van der Waals surface area (Å²) in [5.74, 6) is 0.623. The van der Waals surface area contributed by atoms with Crippen molar-refractivity contribution in [1.29, 1.82) is 0 Å². The number of allylic oxidation sites excluding steroid dienone is 2. The fourth-order valence-corrected chi connectivity index (χ4v) is 3.29. The summed E-state index contributed by atoms with van der Waals surface area (Å²) in [7, 11) is 0. The summed E-state index contributed by atoms with van der Waals surface area (Å²) in [6, 6.07) is 14.7. The third kappa shape index (κ3) is 7.06. The van der Waals surface area contributed by atoms with E-state index in [1.165, 1.54) is 30.4 Å². The van der Waals surface area contributed by atoms with Crippen molar-refractivity contribution < 1.29 is 25.8 Å². The molecule has 0 saturated carbocycles. The molecule has 148 valence electrons. The van der Waals surface area contributed by atoms with Crippen LogP contribution < -0.4 is 0 Å². The van der Waals surface area contributed by atoms with Gasteiger partial charge in [0.2, 0.25) is 0 Å². The summed E-state index contributed by atoms with van der Waals surface area (Å²) in [6.45, 7) is 4.57. The van der Waals surface area contributed by atoms with Crippen LogP contribution in [0.15, 0.2) is 42.5 Å². The van der Waals surface area contributed by atoms with Crippen molar-refractivity contribution in [3.05, 3.63) is 108 Å². The third-order valence-electron chi connectivity index (χ3n) is 4.24. The molecule has 0 unspecified atom stereocenters. The maximum atomic E-state index is 3.57. The number of fused-ring (bicyclic) bond motifs is 3. The van der Waals surface area contributed by atoms with Gasteiger partial charge in [-0.15, -0.1) is 17.5 Å². The first-order valence-corrected chi connectivity index (χ1v) is 7.68. The number of benzene rings is 1. The van der Waals surface area contributed by atoms with Crippen LogP contribution in [0.5, 0.6) is 0 Å². The molecule has 26 heavy (non-hydrogen) atoms. The molecule has 0 fully saturated rings. The van der Waals surface area contributed by atoms with Gasteiger partial charge in [0, 0.05) is 25.8 Å². The van der Waals surface area contributed by atoms with E-state index in [2.05, 4.69) is 32.1 Å². The molecule has 0 nitrogen and oxygen atoms in total. The van der Waals surface area contributed by atoms with Crippen LogP contribution in [0.25, 0.3) is 5.57 Å². The molecule has 0 atom stereocenters. The first-order valence-electron chi connectivity index (χ1n) is 7.68. The summed E-state index contributed by atoms with van der Waals surface area (Å²) in [4.78, 5) is 0. The van der Waals surface area contributed by atoms with E-state index in [9.17, 15) is 0 Å². The molecule has 2 aliphatic rings. The van der Waals surface area contributed by atoms with Gasteiger partial charge in [-0.2, -0.15) is 23.8 Å². The smallest absolute Gasteiger partial charge is 0 e. The van der Waals surface area contributed by atoms with Gasteiger partial charge in [-0.3, -0.25) is 6.08 Å². The van der Waals surface area contributed by atoms with Gasteiger partial charge in [0.1, 0.15) is 0 Å². The Bertz CT molecular complexity index is 586. The van der Waals surface area contributed by atoms with Crippen molar-refractivity contribution in [2.45, 2.75) is 39.5 Å². The van der Waals surface area contributed by atoms with Gasteiger partial charge in [0.05, 0.1) is 0 Å². The van der Waals surface area contributed by atoms with Crippen molar-refractivity contribution in [3.63, 3.8) is 0 Å². The molecule has 2 aromatic carbocycles.